The summed E-state index contributed by atoms with van der Waals surface area (Å²) in [5, 5.41) is 6.52. The van der Waals surface area contributed by atoms with E-state index in [1.54, 1.807) is 0 Å². The third kappa shape index (κ3) is 4.94. The second kappa shape index (κ2) is 13.8. The first-order valence-corrected chi connectivity index (χ1v) is 22.7. The van der Waals surface area contributed by atoms with Gasteiger partial charge in [-0.15, -0.1) is 0 Å². The molecule has 0 amide bonds. The lowest BCUT2D eigenvalue weighted by atomic mass is 9.67. The molecule has 1 saturated carbocycles. The van der Waals surface area contributed by atoms with E-state index in [9.17, 15) is 0 Å². The summed E-state index contributed by atoms with van der Waals surface area (Å²) in [5.74, 6) is 0.653. The lowest BCUT2D eigenvalue weighted by Gasteiger charge is -2.39. The highest BCUT2D eigenvalue weighted by atomic mass is 15.2. The average Bonchev–Trinajstić information content (AvgIpc) is 3.57. The van der Waals surface area contributed by atoms with Crippen molar-refractivity contribution in [3.8, 4) is 27.9 Å². The number of rotatable bonds is 7. The molecule has 10 aromatic rings. The van der Waals surface area contributed by atoms with Crippen LogP contribution < -0.4 is 11.1 Å². The summed E-state index contributed by atoms with van der Waals surface area (Å²) in [4.78, 5) is 0. The maximum Gasteiger partial charge on any atom is 0.103 e. The third-order valence-corrected chi connectivity index (χ3v) is 15.5. The zero-order valence-corrected chi connectivity index (χ0v) is 35.7. The van der Waals surface area contributed by atoms with Crippen molar-refractivity contribution in [2.24, 2.45) is 17.6 Å². The van der Waals surface area contributed by atoms with Crippen LogP contribution >= 0.6 is 0 Å². The van der Waals surface area contributed by atoms with Gasteiger partial charge in [-0.05, 0) is 109 Å². The Balaban J connectivity index is 1.08. The first-order chi connectivity index (χ1) is 31.5. The molecule has 5 atom stereocenters. The number of nitrogens with one attached hydrogen (secondary N) is 1. The maximum absolute atomic E-state index is 7.88. The van der Waals surface area contributed by atoms with Crippen LogP contribution in [0.1, 0.15) is 51.9 Å². The van der Waals surface area contributed by atoms with E-state index in [1.165, 1.54) is 77.4 Å². The Labute approximate surface area is 374 Å². The Morgan fingerprint density at radius 2 is 1.03 bits per heavy atom. The molecule has 0 bridgehead atoms. The quantitative estimate of drug-likeness (QED) is 0.168. The summed E-state index contributed by atoms with van der Waals surface area (Å²) in [6.07, 6.45) is 0. The number of hydrogen-bond acceptors (Lipinski definition) is 2. The van der Waals surface area contributed by atoms with Crippen molar-refractivity contribution in [2.75, 3.05) is 0 Å². The minimum absolute atomic E-state index is 0.117. The fourth-order valence-electron chi connectivity index (χ4n) is 12.8. The molecule has 306 valence electrons. The summed E-state index contributed by atoms with van der Waals surface area (Å²) in [6, 6.07) is 85.3. The smallest absolute Gasteiger partial charge is 0.103 e. The Morgan fingerprint density at radius 1 is 0.453 bits per heavy atom. The van der Waals surface area contributed by atoms with Gasteiger partial charge in [0.1, 0.15) is 5.66 Å². The van der Waals surface area contributed by atoms with Gasteiger partial charge in [0, 0.05) is 27.9 Å². The number of piperidine rings is 1. The van der Waals surface area contributed by atoms with Gasteiger partial charge in [-0.1, -0.05) is 201 Å². The molecule has 3 nitrogen and oxygen atoms in total. The van der Waals surface area contributed by atoms with E-state index in [2.05, 4.69) is 247 Å². The molecule has 0 spiro atoms. The van der Waals surface area contributed by atoms with Crippen molar-refractivity contribution < 1.29 is 0 Å². The molecule has 2 heterocycles. The predicted molar refractivity (Wildman–Crippen MR) is 262 cm³/mol. The molecular formula is C61H47N3. The van der Waals surface area contributed by atoms with Gasteiger partial charge in [0.15, 0.2) is 0 Å². The van der Waals surface area contributed by atoms with Crippen LogP contribution in [0.3, 0.4) is 0 Å². The molecule has 0 radical (unpaired) electrons. The summed E-state index contributed by atoms with van der Waals surface area (Å²) >= 11 is 0. The van der Waals surface area contributed by atoms with Crippen molar-refractivity contribution in [2.45, 2.75) is 29.5 Å². The molecule has 13 rings (SSSR count). The monoisotopic (exact) mass is 821 g/mol. The lowest BCUT2D eigenvalue weighted by molar-refractivity contribution is 0.266. The maximum atomic E-state index is 7.88. The van der Waals surface area contributed by atoms with Crippen LogP contribution in [-0.2, 0) is 16.5 Å². The molecule has 1 aliphatic heterocycles. The van der Waals surface area contributed by atoms with Gasteiger partial charge in [-0.25, -0.2) is 0 Å². The Morgan fingerprint density at radius 3 is 1.72 bits per heavy atom. The van der Waals surface area contributed by atoms with Gasteiger partial charge in [0.25, 0.3) is 0 Å². The zero-order valence-electron chi connectivity index (χ0n) is 35.7. The average molecular weight is 822 g/mol. The first-order valence-electron chi connectivity index (χ1n) is 22.7. The molecular weight excluding hydrogens is 775 g/mol. The largest absolute Gasteiger partial charge is 0.309 e. The van der Waals surface area contributed by atoms with Crippen LogP contribution in [0.15, 0.2) is 231 Å². The number of aromatic nitrogens is 1. The fourth-order valence-corrected chi connectivity index (χ4v) is 12.8. The summed E-state index contributed by atoms with van der Waals surface area (Å²) in [6.45, 7) is 2.41. The minimum Gasteiger partial charge on any atom is -0.309 e. The van der Waals surface area contributed by atoms with Crippen molar-refractivity contribution >= 4 is 21.8 Å². The second-order valence-electron chi connectivity index (χ2n) is 18.3. The van der Waals surface area contributed by atoms with Crippen LogP contribution in [0, 0.1) is 11.8 Å². The molecule has 2 unspecified atom stereocenters. The van der Waals surface area contributed by atoms with E-state index in [1.807, 2.05) is 0 Å². The molecule has 1 aromatic heterocycles. The molecule has 1 saturated heterocycles. The van der Waals surface area contributed by atoms with Crippen molar-refractivity contribution in [3.05, 3.63) is 269 Å². The van der Waals surface area contributed by atoms with Gasteiger partial charge >= 0.3 is 0 Å². The Bertz CT molecular complexity index is 3360. The van der Waals surface area contributed by atoms with E-state index >= 15 is 0 Å². The van der Waals surface area contributed by atoms with Gasteiger partial charge in [0.2, 0.25) is 0 Å². The molecule has 3 heteroatoms. The zero-order chi connectivity index (χ0) is 42.6. The summed E-state index contributed by atoms with van der Waals surface area (Å²) in [7, 11) is 0. The van der Waals surface area contributed by atoms with E-state index < -0.39 is 11.1 Å². The van der Waals surface area contributed by atoms with Crippen molar-refractivity contribution in [1.82, 2.24) is 9.88 Å². The van der Waals surface area contributed by atoms with Gasteiger partial charge in [0.05, 0.1) is 16.4 Å². The molecule has 3 aliphatic rings. The second-order valence-corrected chi connectivity index (χ2v) is 18.3. The highest BCUT2D eigenvalue weighted by Gasteiger charge is 2.79. The summed E-state index contributed by atoms with van der Waals surface area (Å²) in [5.41, 5.74) is 23.6. The fraction of sp³-hybridized carbons (Fsp3) is 0.115. The topological polar surface area (TPSA) is 43.0 Å². The third-order valence-electron chi connectivity index (χ3n) is 15.5. The van der Waals surface area contributed by atoms with E-state index in [0.717, 1.165) is 11.3 Å². The van der Waals surface area contributed by atoms with Crippen molar-refractivity contribution in [3.63, 3.8) is 0 Å². The van der Waals surface area contributed by atoms with Crippen LogP contribution in [0.4, 0.5) is 0 Å². The van der Waals surface area contributed by atoms with Crippen LogP contribution in [0.25, 0.3) is 49.7 Å². The molecule has 3 N–H and O–H groups in total. The normalized spacial score (nSPS) is 22.6. The van der Waals surface area contributed by atoms with Crippen molar-refractivity contribution in [1.29, 1.82) is 0 Å². The van der Waals surface area contributed by atoms with Crippen LogP contribution in [0.2, 0.25) is 0 Å². The van der Waals surface area contributed by atoms with Crippen LogP contribution in [-0.4, -0.2) is 4.57 Å². The van der Waals surface area contributed by atoms with E-state index in [0.29, 0.717) is 11.8 Å². The van der Waals surface area contributed by atoms with Gasteiger partial charge < -0.3 is 10.3 Å². The Hall–Kier alpha value is -7.30. The highest BCUT2D eigenvalue weighted by Crippen LogP contribution is 2.74. The number of nitrogens with zero attached hydrogens (tertiary/aromatic N) is 1. The first kappa shape index (κ1) is 37.3. The van der Waals surface area contributed by atoms with E-state index in [-0.39, 0.29) is 11.5 Å². The molecule has 2 fully saturated rings. The minimum atomic E-state index is -0.786. The van der Waals surface area contributed by atoms with Crippen LogP contribution in [0.5, 0.6) is 0 Å². The lowest BCUT2D eigenvalue weighted by Crippen LogP contribution is -2.56. The molecule has 64 heavy (non-hydrogen) atoms. The number of fused-ring (bicyclic) bond motifs is 7. The highest BCUT2D eigenvalue weighted by molar-refractivity contribution is 6.13. The molecule has 9 aromatic carbocycles. The number of benzene rings is 9. The Kier molecular flexibility index (Phi) is 8.07. The van der Waals surface area contributed by atoms with Gasteiger partial charge in [-0.2, -0.15) is 0 Å². The number of nitrogens with two attached hydrogens (primary N) is 1. The number of hydrogen-bond donors (Lipinski definition) is 2. The predicted octanol–water partition coefficient (Wildman–Crippen LogP) is 13.5. The van der Waals surface area contributed by atoms with Gasteiger partial charge in [-0.3, -0.25) is 5.32 Å². The SMILES string of the molecule is C[C@@H]1[C@@H]2C(c3ccccc3)NC(N)(c3ccccc3)[C@@]12c1cccc(-n2c3ccc(-c4ccccc4)cc3c3cc4c(cc32)-c2ccccc2C4(c2ccccc2)c2ccccc2)c1. The standard InChI is InChI=1S/C61H47N3/c1-40-57-58(42-22-9-3-10-23-42)63-61(62,46-28-15-6-16-29-46)60(40,57)47-30-19-31-48(37-47)64-55-35-34-43(41-20-7-2-8-21-41)36-51(55)52-38-54-50(39-56(52)64)49-32-17-18-33-53(49)59(54,44-24-11-4-12-25-44)45-26-13-5-14-27-45/h2-40,57-58,63H,62H2,1H3/t40-,57-,58?,60-,61?/m1/s1. The summed E-state index contributed by atoms with van der Waals surface area (Å²) < 4.78 is 2.52. The molecule has 2 aliphatic carbocycles. The van der Waals surface area contributed by atoms with E-state index in [4.69, 9.17) is 5.73 Å².